The molecule has 0 aliphatic rings. The largest absolute Gasteiger partial charge is 0.508 e. The van der Waals surface area contributed by atoms with Gasteiger partial charge in [-0.25, -0.2) is 0 Å². The van der Waals surface area contributed by atoms with Gasteiger partial charge in [0.1, 0.15) is 5.75 Å². The fourth-order valence-corrected chi connectivity index (χ4v) is 1.08. The molecule has 108 valence electrons. The molecule has 19 heavy (non-hydrogen) atoms. The summed E-state index contributed by atoms with van der Waals surface area (Å²) in [5, 5.41) is 15.1. The molecule has 0 radical (unpaired) electrons. The van der Waals surface area contributed by atoms with Crippen molar-refractivity contribution in [3.63, 3.8) is 0 Å². The van der Waals surface area contributed by atoms with Crippen molar-refractivity contribution in [3.05, 3.63) is 29.8 Å². The van der Waals surface area contributed by atoms with E-state index in [4.69, 9.17) is 22.6 Å². The number of nitrogens with zero attached hydrogens (tertiary/aromatic N) is 1. The molecule has 0 atom stereocenters. The topological polar surface area (TPSA) is 131 Å². The second-order valence-corrected chi connectivity index (χ2v) is 4.19. The second-order valence-electron chi connectivity index (χ2n) is 3.29. The van der Waals surface area contributed by atoms with Gasteiger partial charge >= 0.3 is 10.4 Å². The number of benzene rings is 1. The van der Waals surface area contributed by atoms with E-state index in [-0.39, 0.29) is 5.75 Å². The van der Waals surface area contributed by atoms with Crippen LogP contribution in [0.5, 0.6) is 5.75 Å². The third-order valence-corrected chi connectivity index (χ3v) is 1.86. The first-order chi connectivity index (χ1) is 8.76. The van der Waals surface area contributed by atoms with E-state index >= 15 is 0 Å². The zero-order valence-electron chi connectivity index (χ0n) is 10.5. The summed E-state index contributed by atoms with van der Waals surface area (Å²) in [5.41, 5.74) is 1.10. The molecular weight excluding hydrogens is 274 g/mol. The molecule has 1 aromatic rings. The number of aromatic hydroxyl groups is 1. The van der Waals surface area contributed by atoms with Crippen molar-refractivity contribution >= 4 is 16.4 Å². The van der Waals surface area contributed by atoms with E-state index < -0.39 is 10.4 Å². The molecule has 0 unspecified atom stereocenters. The monoisotopic (exact) mass is 291 g/mol. The van der Waals surface area contributed by atoms with Crippen LogP contribution in [0.3, 0.4) is 0 Å². The summed E-state index contributed by atoms with van der Waals surface area (Å²) in [4.78, 5) is 3.98. The molecule has 9 heteroatoms. The Morgan fingerprint density at radius 2 is 1.74 bits per heavy atom. The molecule has 0 saturated heterocycles. The van der Waals surface area contributed by atoms with Gasteiger partial charge in [-0.1, -0.05) is 12.1 Å². The summed E-state index contributed by atoms with van der Waals surface area (Å²) in [5.74, 6) is 1.03. The van der Waals surface area contributed by atoms with Crippen molar-refractivity contribution in [3.8, 4) is 5.75 Å². The van der Waals surface area contributed by atoms with Gasteiger partial charge in [0.25, 0.3) is 0 Å². The number of rotatable bonds is 2. The van der Waals surface area contributed by atoms with E-state index in [2.05, 4.69) is 15.6 Å². The van der Waals surface area contributed by atoms with Crippen LogP contribution in [0.25, 0.3) is 0 Å². The van der Waals surface area contributed by atoms with Gasteiger partial charge in [-0.3, -0.25) is 14.1 Å². The number of hydrogen-bond donors (Lipinski definition) is 5. The predicted molar refractivity (Wildman–Crippen MR) is 71.5 cm³/mol. The lowest BCUT2D eigenvalue weighted by Gasteiger charge is -2.08. The van der Waals surface area contributed by atoms with Gasteiger partial charge in [0.15, 0.2) is 5.96 Å². The maximum atomic E-state index is 9.07. The van der Waals surface area contributed by atoms with Crippen molar-refractivity contribution < 1.29 is 22.6 Å². The second kappa shape index (κ2) is 8.29. The molecule has 1 aromatic carbocycles. The van der Waals surface area contributed by atoms with Crippen molar-refractivity contribution in [1.82, 2.24) is 10.6 Å². The lowest BCUT2D eigenvalue weighted by molar-refractivity contribution is 0.381. The molecule has 0 amide bonds. The Labute approximate surface area is 111 Å². The molecule has 0 aliphatic carbocycles. The predicted octanol–water partition coefficient (Wildman–Crippen LogP) is 0.0342. The van der Waals surface area contributed by atoms with Crippen LogP contribution in [0.4, 0.5) is 0 Å². The zero-order valence-corrected chi connectivity index (χ0v) is 11.3. The standard InChI is InChI=1S/C10H15N3O.H2O4S/c1-11-10(12-2)13-7-8-3-5-9(14)6-4-8;1-5(2,3)4/h3-6,14H,7H2,1-2H3,(H2,11,12,13);(H2,1,2,3,4). The van der Waals surface area contributed by atoms with Crippen LogP contribution >= 0.6 is 0 Å². The van der Waals surface area contributed by atoms with Gasteiger partial charge < -0.3 is 15.7 Å². The van der Waals surface area contributed by atoms with E-state index in [9.17, 15) is 0 Å². The highest BCUT2D eigenvalue weighted by Crippen LogP contribution is 2.08. The maximum Gasteiger partial charge on any atom is 0.394 e. The quantitative estimate of drug-likeness (QED) is 0.295. The van der Waals surface area contributed by atoms with Crippen molar-refractivity contribution in [2.75, 3.05) is 14.1 Å². The van der Waals surface area contributed by atoms with Crippen LogP contribution in [0, 0.1) is 0 Å². The Morgan fingerprint density at radius 1 is 1.26 bits per heavy atom. The summed E-state index contributed by atoms with van der Waals surface area (Å²) in [6.45, 7) is 0.688. The molecule has 0 heterocycles. The number of phenols is 1. The Morgan fingerprint density at radius 3 is 2.11 bits per heavy atom. The Hall–Kier alpha value is -1.84. The molecule has 5 N–H and O–H groups in total. The Kier molecular flexibility index (Phi) is 7.49. The molecule has 0 aromatic heterocycles. The van der Waals surface area contributed by atoms with Crippen LogP contribution in [0.2, 0.25) is 0 Å². The van der Waals surface area contributed by atoms with Gasteiger partial charge in [0, 0.05) is 20.6 Å². The number of phenolic OH excluding ortho intramolecular Hbond substituents is 1. The minimum absolute atomic E-state index is 0.284. The highest BCUT2D eigenvalue weighted by molar-refractivity contribution is 7.79. The highest BCUT2D eigenvalue weighted by Gasteiger charge is 1.95. The lowest BCUT2D eigenvalue weighted by atomic mass is 10.2. The normalized spacial score (nSPS) is 11.3. The molecule has 0 aliphatic heterocycles. The number of guanidine groups is 1. The van der Waals surface area contributed by atoms with Crippen LogP contribution in [-0.2, 0) is 16.9 Å². The molecular formula is C10H17N3O5S. The summed E-state index contributed by atoms with van der Waals surface area (Å²) in [6, 6.07) is 7.06. The van der Waals surface area contributed by atoms with Crippen LogP contribution in [0.15, 0.2) is 29.3 Å². The average Bonchev–Trinajstić information content (AvgIpc) is 2.30. The lowest BCUT2D eigenvalue weighted by Crippen LogP contribution is -2.33. The SMILES string of the molecule is CN=C(NC)NCc1ccc(O)cc1.O=S(=O)(O)O. The molecule has 0 fully saturated rings. The third kappa shape index (κ3) is 11.0. The fraction of sp³-hybridized carbons (Fsp3) is 0.300. The van der Waals surface area contributed by atoms with E-state index in [1.54, 1.807) is 19.2 Å². The molecule has 1 rings (SSSR count). The van der Waals surface area contributed by atoms with Crippen molar-refractivity contribution in [2.24, 2.45) is 4.99 Å². The Balaban J connectivity index is 0.000000555. The first-order valence-electron chi connectivity index (χ1n) is 5.12. The first kappa shape index (κ1) is 17.2. The van der Waals surface area contributed by atoms with E-state index in [1.165, 1.54) is 0 Å². The number of nitrogens with one attached hydrogen (secondary N) is 2. The van der Waals surface area contributed by atoms with E-state index in [0.29, 0.717) is 6.54 Å². The minimum atomic E-state index is -4.67. The van der Waals surface area contributed by atoms with Crippen molar-refractivity contribution in [2.45, 2.75) is 6.54 Å². The maximum absolute atomic E-state index is 9.07. The fourth-order valence-electron chi connectivity index (χ4n) is 1.08. The first-order valence-corrected chi connectivity index (χ1v) is 6.52. The molecule has 0 spiro atoms. The summed E-state index contributed by atoms with van der Waals surface area (Å²) >= 11 is 0. The minimum Gasteiger partial charge on any atom is -0.508 e. The number of aliphatic imine (C=N–C) groups is 1. The van der Waals surface area contributed by atoms with Gasteiger partial charge in [-0.2, -0.15) is 8.42 Å². The van der Waals surface area contributed by atoms with Gasteiger partial charge in [-0.05, 0) is 17.7 Å². The van der Waals surface area contributed by atoms with Crippen molar-refractivity contribution in [1.29, 1.82) is 0 Å². The van der Waals surface area contributed by atoms with E-state index in [1.807, 2.05) is 19.2 Å². The summed E-state index contributed by atoms with van der Waals surface area (Å²) < 4.78 is 31.6. The molecule has 0 bridgehead atoms. The van der Waals surface area contributed by atoms with Gasteiger partial charge in [-0.15, -0.1) is 0 Å². The Bertz CT molecular complexity index is 490. The van der Waals surface area contributed by atoms with Gasteiger partial charge in [0.05, 0.1) is 0 Å². The zero-order chi connectivity index (χ0) is 14.9. The summed E-state index contributed by atoms with van der Waals surface area (Å²) in [7, 11) is -1.14. The number of hydrogen-bond acceptors (Lipinski definition) is 4. The smallest absolute Gasteiger partial charge is 0.394 e. The van der Waals surface area contributed by atoms with E-state index in [0.717, 1.165) is 11.5 Å². The van der Waals surface area contributed by atoms with Crippen LogP contribution in [-0.4, -0.2) is 42.7 Å². The highest BCUT2D eigenvalue weighted by atomic mass is 32.3. The summed E-state index contributed by atoms with van der Waals surface area (Å²) in [6.07, 6.45) is 0. The third-order valence-electron chi connectivity index (χ3n) is 1.86. The van der Waals surface area contributed by atoms with Gasteiger partial charge in [0.2, 0.25) is 0 Å². The van der Waals surface area contributed by atoms with Crippen LogP contribution < -0.4 is 10.6 Å². The molecule has 0 saturated carbocycles. The molecule has 8 nitrogen and oxygen atoms in total. The van der Waals surface area contributed by atoms with Crippen LogP contribution in [0.1, 0.15) is 5.56 Å². The average molecular weight is 291 g/mol.